The molecule has 1 aromatic carbocycles. The molecule has 2 N–H and O–H groups in total. The van der Waals surface area contributed by atoms with E-state index in [2.05, 4.69) is 0 Å². The van der Waals surface area contributed by atoms with Crippen LogP contribution < -0.4 is 5.73 Å². The third-order valence-corrected chi connectivity index (χ3v) is 2.53. The Labute approximate surface area is 93.5 Å². The molecule has 1 atom stereocenters. The van der Waals surface area contributed by atoms with Crippen LogP contribution in [0.2, 0.25) is 0 Å². The molecule has 0 amide bonds. The van der Waals surface area contributed by atoms with Crippen LogP contribution in [0.3, 0.4) is 0 Å². The summed E-state index contributed by atoms with van der Waals surface area (Å²) in [4.78, 5) is 0. The Balaban J connectivity index is 2.96. The van der Waals surface area contributed by atoms with Crippen LogP contribution in [0.5, 0.6) is 0 Å². The Bertz CT molecular complexity index is 346. The van der Waals surface area contributed by atoms with Gasteiger partial charge in [0, 0.05) is 6.04 Å². The fourth-order valence-corrected chi connectivity index (χ4v) is 1.38. The van der Waals surface area contributed by atoms with Crippen molar-refractivity contribution in [3.05, 3.63) is 35.4 Å². The second-order valence-electron chi connectivity index (χ2n) is 4.96. The standard InChI is InChI=1S/C12H16F3N/c1-11(2,3)10(16)8-4-6-9(7-5-8)12(13,14)15/h4-7,10H,16H2,1-3H3/t10-/m1/s1. The second-order valence-corrected chi connectivity index (χ2v) is 4.96. The molecule has 1 rings (SSSR count). The van der Waals surface area contributed by atoms with Gasteiger partial charge in [0.2, 0.25) is 0 Å². The normalized spacial score (nSPS) is 14.9. The van der Waals surface area contributed by atoms with Crippen molar-refractivity contribution in [2.75, 3.05) is 0 Å². The van der Waals surface area contributed by atoms with E-state index in [0.717, 1.165) is 17.7 Å². The number of halogens is 3. The summed E-state index contributed by atoms with van der Waals surface area (Å²) in [6, 6.07) is 4.76. The van der Waals surface area contributed by atoms with Crippen LogP contribution in [0.1, 0.15) is 37.9 Å². The average Bonchev–Trinajstić information content (AvgIpc) is 2.14. The van der Waals surface area contributed by atoms with Gasteiger partial charge in [0.15, 0.2) is 0 Å². The number of rotatable bonds is 1. The largest absolute Gasteiger partial charge is 0.416 e. The molecule has 90 valence electrons. The van der Waals surface area contributed by atoms with E-state index in [-0.39, 0.29) is 11.5 Å². The summed E-state index contributed by atoms with van der Waals surface area (Å²) in [7, 11) is 0. The molecule has 0 fully saturated rings. The van der Waals surface area contributed by atoms with Gasteiger partial charge in [-0.2, -0.15) is 13.2 Å². The zero-order chi connectivity index (χ0) is 12.6. The van der Waals surface area contributed by atoms with Gasteiger partial charge in [-0.15, -0.1) is 0 Å². The number of alkyl halides is 3. The molecule has 16 heavy (non-hydrogen) atoms. The first-order valence-electron chi connectivity index (χ1n) is 5.05. The monoisotopic (exact) mass is 231 g/mol. The van der Waals surface area contributed by atoms with Crippen LogP contribution in [-0.4, -0.2) is 0 Å². The molecule has 0 unspecified atom stereocenters. The van der Waals surface area contributed by atoms with Gasteiger partial charge in [-0.1, -0.05) is 32.9 Å². The number of hydrogen-bond acceptors (Lipinski definition) is 1. The molecule has 1 nitrogen and oxygen atoms in total. The molecule has 4 heteroatoms. The molecule has 0 aliphatic rings. The van der Waals surface area contributed by atoms with Crippen molar-refractivity contribution in [2.45, 2.75) is 33.0 Å². The molecule has 1 aromatic rings. The zero-order valence-corrected chi connectivity index (χ0v) is 9.60. The smallest absolute Gasteiger partial charge is 0.324 e. The minimum atomic E-state index is -4.29. The maximum absolute atomic E-state index is 12.3. The summed E-state index contributed by atoms with van der Waals surface area (Å²) in [5.74, 6) is 0. The summed E-state index contributed by atoms with van der Waals surface area (Å²) in [6.45, 7) is 5.86. The van der Waals surface area contributed by atoms with Crippen LogP contribution in [0.4, 0.5) is 13.2 Å². The maximum Gasteiger partial charge on any atom is 0.416 e. The molecule has 0 saturated heterocycles. The first-order valence-corrected chi connectivity index (χ1v) is 5.05. The zero-order valence-electron chi connectivity index (χ0n) is 9.60. The Hall–Kier alpha value is -1.03. The van der Waals surface area contributed by atoms with Gasteiger partial charge in [-0.3, -0.25) is 0 Å². The van der Waals surface area contributed by atoms with E-state index in [1.165, 1.54) is 12.1 Å². The van der Waals surface area contributed by atoms with Crippen molar-refractivity contribution < 1.29 is 13.2 Å². The summed E-state index contributed by atoms with van der Waals surface area (Å²) in [5.41, 5.74) is 5.86. The SMILES string of the molecule is CC(C)(C)[C@H](N)c1ccc(C(F)(F)F)cc1. The third kappa shape index (κ3) is 2.98. The van der Waals surface area contributed by atoms with Gasteiger partial charge >= 0.3 is 6.18 Å². The van der Waals surface area contributed by atoms with Crippen LogP contribution in [0.15, 0.2) is 24.3 Å². The van der Waals surface area contributed by atoms with Gasteiger partial charge in [0.1, 0.15) is 0 Å². The minimum Gasteiger partial charge on any atom is -0.324 e. The highest BCUT2D eigenvalue weighted by Gasteiger charge is 2.30. The van der Waals surface area contributed by atoms with Crippen molar-refractivity contribution in [1.29, 1.82) is 0 Å². The Kier molecular flexibility index (Phi) is 3.33. The van der Waals surface area contributed by atoms with Crippen LogP contribution in [-0.2, 0) is 6.18 Å². The molecule has 0 spiro atoms. The number of hydrogen-bond donors (Lipinski definition) is 1. The molecular weight excluding hydrogens is 215 g/mol. The van der Waals surface area contributed by atoms with E-state index < -0.39 is 11.7 Å². The lowest BCUT2D eigenvalue weighted by Crippen LogP contribution is -2.26. The summed E-state index contributed by atoms with van der Waals surface area (Å²) < 4.78 is 37.0. The molecule has 0 radical (unpaired) electrons. The summed E-state index contributed by atoms with van der Waals surface area (Å²) in [5, 5.41) is 0. The molecule has 0 saturated carbocycles. The Morgan fingerprint density at radius 1 is 1.00 bits per heavy atom. The first kappa shape index (κ1) is 13.0. The van der Waals surface area contributed by atoms with Gasteiger partial charge in [0.05, 0.1) is 5.56 Å². The fourth-order valence-electron chi connectivity index (χ4n) is 1.38. The quantitative estimate of drug-likeness (QED) is 0.782. The molecule has 0 bridgehead atoms. The molecule has 0 aliphatic carbocycles. The lowest BCUT2D eigenvalue weighted by atomic mass is 9.83. The highest BCUT2D eigenvalue weighted by molar-refractivity contribution is 5.27. The lowest BCUT2D eigenvalue weighted by molar-refractivity contribution is -0.137. The topological polar surface area (TPSA) is 26.0 Å². The molecule has 0 aromatic heterocycles. The minimum absolute atomic E-state index is 0.167. The highest BCUT2D eigenvalue weighted by atomic mass is 19.4. The van der Waals surface area contributed by atoms with E-state index in [1.54, 1.807) is 0 Å². The van der Waals surface area contributed by atoms with E-state index in [0.29, 0.717) is 0 Å². The van der Waals surface area contributed by atoms with Crippen molar-refractivity contribution in [3.8, 4) is 0 Å². The van der Waals surface area contributed by atoms with E-state index in [4.69, 9.17) is 5.73 Å². The van der Waals surface area contributed by atoms with Crippen molar-refractivity contribution in [2.24, 2.45) is 11.1 Å². The van der Waals surface area contributed by atoms with Crippen molar-refractivity contribution in [1.82, 2.24) is 0 Å². The van der Waals surface area contributed by atoms with E-state index in [9.17, 15) is 13.2 Å². The van der Waals surface area contributed by atoms with E-state index in [1.807, 2.05) is 20.8 Å². The molecule has 0 aliphatic heterocycles. The second kappa shape index (κ2) is 4.09. The van der Waals surface area contributed by atoms with Crippen LogP contribution in [0, 0.1) is 5.41 Å². The van der Waals surface area contributed by atoms with Crippen molar-refractivity contribution in [3.63, 3.8) is 0 Å². The third-order valence-electron chi connectivity index (χ3n) is 2.53. The lowest BCUT2D eigenvalue weighted by Gasteiger charge is -2.27. The fraction of sp³-hybridized carbons (Fsp3) is 0.500. The van der Waals surface area contributed by atoms with Gasteiger partial charge in [-0.25, -0.2) is 0 Å². The van der Waals surface area contributed by atoms with Crippen LogP contribution >= 0.6 is 0 Å². The summed E-state index contributed by atoms with van der Waals surface area (Å²) in [6.07, 6.45) is -4.29. The molecular formula is C12H16F3N. The number of nitrogens with two attached hydrogens (primary N) is 1. The Morgan fingerprint density at radius 3 is 1.75 bits per heavy atom. The number of benzene rings is 1. The summed E-state index contributed by atoms with van der Waals surface area (Å²) >= 11 is 0. The average molecular weight is 231 g/mol. The van der Waals surface area contributed by atoms with Gasteiger partial charge in [-0.05, 0) is 23.1 Å². The van der Waals surface area contributed by atoms with E-state index >= 15 is 0 Å². The van der Waals surface area contributed by atoms with Gasteiger partial charge in [0.25, 0.3) is 0 Å². The predicted molar refractivity (Wildman–Crippen MR) is 57.8 cm³/mol. The molecule has 0 heterocycles. The highest BCUT2D eigenvalue weighted by Crippen LogP contribution is 2.33. The van der Waals surface area contributed by atoms with Crippen molar-refractivity contribution >= 4 is 0 Å². The first-order chi connectivity index (χ1) is 7.12. The maximum atomic E-state index is 12.3. The Morgan fingerprint density at radius 2 is 1.44 bits per heavy atom. The van der Waals surface area contributed by atoms with Gasteiger partial charge < -0.3 is 5.73 Å². The van der Waals surface area contributed by atoms with Crippen LogP contribution in [0.25, 0.3) is 0 Å². The predicted octanol–water partition coefficient (Wildman–Crippen LogP) is 3.75.